The molecule has 0 atom stereocenters. The van der Waals surface area contributed by atoms with Crippen LogP contribution in [0.4, 0.5) is 5.69 Å². The fraction of sp³-hybridized carbons (Fsp3) is 0. The van der Waals surface area contributed by atoms with Gasteiger partial charge in [0.25, 0.3) is 5.91 Å². The van der Waals surface area contributed by atoms with Crippen LogP contribution in [0.5, 0.6) is 0 Å². The highest BCUT2D eigenvalue weighted by atomic mass is 79.9. The van der Waals surface area contributed by atoms with Crippen molar-refractivity contribution in [3.8, 4) is 0 Å². The molecule has 1 aromatic carbocycles. The SMILES string of the molecule is O=C(O)c1ccc(NC(=O)c2cc(Cl)nnc2Cl)c(Br)c1. The number of nitrogens with zero attached hydrogens (tertiary/aromatic N) is 2. The third kappa shape index (κ3) is 3.69. The van der Waals surface area contributed by atoms with Crippen molar-refractivity contribution in [1.82, 2.24) is 10.2 Å². The Morgan fingerprint density at radius 3 is 2.52 bits per heavy atom. The summed E-state index contributed by atoms with van der Waals surface area (Å²) in [5.41, 5.74) is 0.534. The Morgan fingerprint density at radius 1 is 1.19 bits per heavy atom. The van der Waals surface area contributed by atoms with E-state index in [4.69, 9.17) is 28.3 Å². The molecule has 0 bridgehead atoms. The molecule has 2 N–H and O–H groups in total. The first-order chi connectivity index (χ1) is 9.88. The number of halogens is 3. The van der Waals surface area contributed by atoms with E-state index < -0.39 is 11.9 Å². The molecule has 0 saturated carbocycles. The Bertz CT molecular complexity index is 740. The van der Waals surface area contributed by atoms with Crippen molar-refractivity contribution >= 4 is 56.7 Å². The zero-order valence-electron chi connectivity index (χ0n) is 10.1. The lowest BCUT2D eigenvalue weighted by molar-refractivity contribution is 0.0696. The number of carboxylic acid groups (broad SMARTS) is 1. The minimum Gasteiger partial charge on any atom is -0.478 e. The number of rotatable bonds is 3. The summed E-state index contributed by atoms with van der Waals surface area (Å²) < 4.78 is 0.417. The highest BCUT2D eigenvalue weighted by molar-refractivity contribution is 9.10. The molecule has 1 heterocycles. The van der Waals surface area contributed by atoms with Gasteiger partial charge in [0.1, 0.15) is 0 Å². The van der Waals surface area contributed by atoms with Crippen LogP contribution in [0.1, 0.15) is 20.7 Å². The van der Waals surface area contributed by atoms with E-state index in [0.717, 1.165) is 0 Å². The number of anilines is 1. The summed E-state index contributed by atoms with van der Waals surface area (Å²) >= 11 is 14.6. The number of hydrogen-bond donors (Lipinski definition) is 2. The number of nitrogens with one attached hydrogen (secondary N) is 1. The predicted octanol–water partition coefficient (Wildman–Crippen LogP) is 3.50. The minimum absolute atomic E-state index is 0.0323. The van der Waals surface area contributed by atoms with Crippen molar-refractivity contribution in [2.24, 2.45) is 0 Å². The van der Waals surface area contributed by atoms with Gasteiger partial charge < -0.3 is 10.4 Å². The molecule has 0 radical (unpaired) electrons. The smallest absolute Gasteiger partial charge is 0.335 e. The molecule has 6 nitrogen and oxygen atoms in total. The summed E-state index contributed by atoms with van der Waals surface area (Å²) in [7, 11) is 0. The largest absolute Gasteiger partial charge is 0.478 e. The van der Waals surface area contributed by atoms with Crippen molar-refractivity contribution in [1.29, 1.82) is 0 Å². The van der Waals surface area contributed by atoms with E-state index in [1.807, 2.05) is 0 Å². The van der Waals surface area contributed by atoms with Crippen LogP contribution in [0.3, 0.4) is 0 Å². The zero-order valence-corrected chi connectivity index (χ0v) is 13.2. The molecule has 2 aromatic rings. The third-order valence-corrected chi connectivity index (χ3v) is 3.55. The first-order valence-electron chi connectivity index (χ1n) is 5.41. The number of carbonyl (C=O) groups is 2. The van der Waals surface area contributed by atoms with E-state index in [1.54, 1.807) is 0 Å². The van der Waals surface area contributed by atoms with Gasteiger partial charge in [-0.1, -0.05) is 23.2 Å². The van der Waals surface area contributed by atoms with Gasteiger partial charge in [0.2, 0.25) is 0 Å². The Balaban J connectivity index is 2.27. The maximum atomic E-state index is 12.1. The monoisotopic (exact) mass is 389 g/mol. The van der Waals surface area contributed by atoms with E-state index in [0.29, 0.717) is 10.2 Å². The Morgan fingerprint density at radius 2 is 1.90 bits per heavy atom. The molecule has 108 valence electrons. The van der Waals surface area contributed by atoms with Crippen LogP contribution < -0.4 is 5.32 Å². The first-order valence-corrected chi connectivity index (χ1v) is 6.96. The number of hydrogen-bond acceptors (Lipinski definition) is 4. The Labute approximate surface area is 137 Å². The molecule has 0 aliphatic heterocycles. The lowest BCUT2D eigenvalue weighted by atomic mass is 10.2. The molecule has 0 unspecified atom stereocenters. The van der Waals surface area contributed by atoms with Gasteiger partial charge in [0.05, 0.1) is 16.8 Å². The summed E-state index contributed by atoms with van der Waals surface area (Å²) in [6.07, 6.45) is 0. The van der Waals surface area contributed by atoms with E-state index in [9.17, 15) is 9.59 Å². The van der Waals surface area contributed by atoms with E-state index in [-0.39, 0.29) is 21.4 Å². The zero-order chi connectivity index (χ0) is 15.6. The van der Waals surface area contributed by atoms with E-state index >= 15 is 0 Å². The van der Waals surface area contributed by atoms with Crippen molar-refractivity contribution in [3.05, 3.63) is 50.2 Å². The Hall–Kier alpha value is -1.70. The highest BCUT2D eigenvalue weighted by Gasteiger charge is 2.15. The fourth-order valence-electron chi connectivity index (χ4n) is 1.45. The summed E-state index contributed by atoms with van der Waals surface area (Å²) in [5, 5.41) is 18.4. The Kier molecular flexibility index (Phi) is 4.76. The normalized spacial score (nSPS) is 10.2. The maximum absolute atomic E-state index is 12.1. The first kappa shape index (κ1) is 15.7. The van der Waals surface area contributed by atoms with Gasteiger partial charge in [-0.05, 0) is 40.2 Å². The van der Waals surface area contributed by atoms with Gasteiger partial charge in [0.15, 0.2) is 10.3 Å². The van der Waals surface area contributed by atoms with Crippen LogP contribution >= 0.6 is 39.1 Å². The summed E-state index contributed by atoms with van der Waals surface area (Å²) in [6, 6.07) is 5.47. The van der Waals surface area contributed by atoms with E-state index in [2.05, 4.69) is 31.4 Å². The average Bonchev–Trinajstić information content (AvgIpc) is 2.43. The lowest BCUT2D eigenvalue weighted by Crippen LogP contribution is -2.14. The van der Waals surface area contributed by atoms with Gasteiger partial charge in [-0.2, -0.15) is 0 Å². The van der Waals surface area contributed by atoms with Crippen LogP contribution in [0, 0.1) is 0 Å². The topological polar surface area (TPSA) is 92.2 Å². The fourth-order valence-corrected chi connectivity index (χ4v) is 2.25. The number of aromatic nitrogens is 2. The molecule has 0 spiro atoms. The van der Waals surface area contributed by atoms with Crippen LogP contribution in [0.2, 0.25) is 10.3 Å². The molecule has 0 saturated heterocycles. The molecule has 0 fully saturated rings. The summed E-state index contributed by atoms with van der Waals surface area (Å²) in [5.74, 6) is -1.61. The molecule has 0 aliphatic rings. The minimum atomic E-state index is -1.07. The van der Waals surface area contributed by atoms with Gasteiger partial charge in [-0.3, -0.25) is 4.79 Å². The van der Waals surface area contributed by atoms with Crippen LogP contribution in [0.15, 0.2) is 28.7 Å². The number of carboxylic acids is 1. The van der Waals surface area contributed by atoms with Gasteiger partial charge in [0, 0.05) is 4.47 Å². The number of carbonyl (C=O) groups excluding carboxylic acids is 1. The summed E-state index contributed by atoms with van der Waals surface area (Å²) in [4.78, 5) is 22.9. The maximum Gasteiger partial charge on any atom is 0.335 e. The van der Waals surface area contributed by atoms with Gasteiger partial charge in [-0.25, -0.2) is 4.79 Å². The van der Waals surface area contributed by atoms with Crippen molar-refractivity contribution < 1.29 is 14.7 Å². The third-order valence-electron chi connectivity index (χ3n) is 2.43. The molecule has 0 aliphatic carbocycles. The molecule has 9 heteroatoms. The molecule has 2 rings (SSSR count). The van der Waals surface area contributed by atoms with Crippen LogP contribution in [-0.2, 0) is 0 Å². The van der Waals surface area contributed by atoms with Gasteiger partial charge >= 0.3 is 5.97 Å². The quantitative estimate of drug-likeness (QED) is 0.836. The molecular weight excluding hydrogens is 385 g/mol. The van der Waals surface area contributed by atoms with Crippen LogP contribution in [-0.4, -0.2) is 27.2 Å². The highest BCUT2D eigenvalue weighted by Crippen LogP contribution is 2.25. The van der Waals surface area contributed by atoms with Crippen molar-refractivity contribution in [2.45, 2.75) is 0 Å². The number of amides is 1. The second kappa shape index (κ2) is 6.38. The van der Waals surface area contributed by atoms with E-state index in [1.165, 1.54) is 24.3 Å². The molecule has 1 amide bonds. The van der Waals surface area contributed by atoms with Gasteiger partial charge in [-0.15, -0.1) is 10.2 Å². The van der Waals surface area contributed by atoms with Crippen molar-refractivity contribution in [2.75, 3.05) is 5.32 Å². The molecule has 1 aromatic heterocycles. The second-order valence-corrected chi connectivity index (χ2v) is 5.43. The average molecular weight is 391 g/mol. The number of benzene rings is 1. The summed E-state index contributed by atoms with van der Waals surface area (Å²) in [6.45, 7) is 0. The van der Waals surface area contributed by atoms with Crippen molar-refractivity contribution in [3.63, 3.8) is 0 Å². The van der Waals surface area contributed by atoms with Crippen LogP contribution in [0.25, 0.3) is 0 Å². The molecular formula is C12H6BrCl2N3O3. The predicted molar refractivity (Wildman–Crippen MR) is 81.1 cm³/mol. The molecule has 21 heavy (non-hydrogen) atoms. The number of aromatic carboxylic acids is 1. The second-order valence-electron chi connectivity index (χ2n) is 3.83. The standard InChI is InChI=1S/C12H6BrCl2N3O3/c13-7-3-5(12(20)21)1-2-8(7)16-11(19)6-4-9(14)17-18-10(6)15/h1-4H,(H,16,19)(H,20,21). The lowest BCUT2D eigenvalue weighted by Gasteiger charge is -2.08.